The Balaban J connectivity index is 2.05. The maximum atomic E-state index is 11.4. The van der Waals surface area contributed by atoms with Gasteiger partial charge in [-0.25, -0.2) is 4.98 Å². The van der Waals surface area contributed by atoms with Gasteiger partial charge in [-0.05, 0) is 17.7 Å². The summed E-state index contributed by atoms with van der Waals surface area (Å²) in [6, 6.07) is 5.93. The number of hydrogen-bond acceptors (Lipinski definition) is 3. The summed E-state index contributed by atoms with van der Waals surface area (Å²) in [5.41, 5.74) is 10.5. The Kier molecular flexibility index (Phi) is 3.06. The summed E-state index contributed by atoms with van der Waals surface area (Å²) in [6.07, 6.45) is 0.433. The van der Waals surface area contributed by atoms with Gasteiger partial charge >= 0.3 is 0 Å². The van der Waals surface area contributed by atoms with E-state index in [-0.39, 0.29) is 5.91 Å². The van der Waals surface area contributed by atoms with Gasteiger partial charge in [-0.1, -0.05) is 19.9 Å². The van der Waals surface area contributed by atoms with Gasteiger partial charge < -0.3 is 16.0 Å². The van der Waals surface area contributed by atoms with Crippen LogP contribution in [0.15, 0.2) is 18.2 Å². The molecule has 5 heteroatoms. The highest BCUT2D eigenvalue weighted by atomic mass is 16.1. The molecule has 0 aliphatic carbocycles. The highest BCUT2D eigenvalue weighted by molar-refractivity contribution is 5.99. The first-order valence-corrected chi connectivity index (χ1v) is 6.80. The minimum Gasteiger partial charge on any atom is -0.344 e. The van der Waals surface area contributed by atoms with Crippen molar-refractivity contribution in [3.63, 3.8) is 0 Å². The van der Waals surface area contributed by atoms with E-state index in [1.807, 2.05) is 18.2 Å². The van der Waals surface area contributed by atoms with Crippen LogP contribution in [0.25, 0.3) is 11.3 Å². The number of carbonyl (C=O) groups excluding carboxylic acids is 1. The first-order valence-electron chi connectivity index (χ1n) is 6.80. The fourth-order valence-electron chi connectivity index (χ4n) is 2.47. The topological polar surface area (TPSA) is 83.8 Å². The lowest BCUT2D eigenvalue weighted by molar-refractivity contribution is -0.115. The standard InChI is InChI=1S/C15H18N4O/c1-8(2)15-18-12(7-16)14(19-15)9-3-4-11-10(5-9)6-13(20)17-11/h3-5,8H,6-7,16H2,1-2H3,(H,17,20)(H,18,19). The summed E-state index contributed by atoms with van der Waals surface area (Å²) >= 11 is 0. The molecule has 104 valence electrons. The lowest BCUT2D eigenvalue weighted by Gasteiger charge is -2.03. The number of nitrogens with two attached hydrogens (primary N) is 1. The summed E-state index contributed by atoms with van der Waals surface area (Å²) in [5, 5.41) is 2.84. The van der Waals surface area contributed by atoms with E-state index in [0.717, 1.165) is 34.0 Å². The van der Waals surface area contributed by atoms with E-state index in [1.165, 1.54) is 0 Å². The number of fused-ring (bicyclic) bond motifs is 1. The van der Waals surface area contributed by atoms with Crippen LogP contribution in [0.4, 0.5) is 5.69 Å². The van der Waals surface area contributed by atoms with Crippen LogP contribution in [-0.4, -0.2) is 15.9 Å². The molecule has 1 aliphatic rings. The Morgan fingerprint density at radius 1 is 1.40 bits per heavy atom. The van der Waals surface area contributed by atoms with E-state index in [2.05, 4.69) is 29.1 Å². The largest absolute Gasteiger partial charge is 0.344 e. The SMILES string of the molecule is CC(C)c1nc(-c2ccc3c(c2)CC(=O)N3)c(CN)[nH]1. The molecule has 20 heavy (non-hydrogen) atoms. The van der Waals surface area contributed by atoms with Crippen molar-refractivity contribution in [3.8, 4) is 11.3 Å². The predicted molar refractivity (Wildman–Crippen MR) is 78.3 cm³/mol. The lowest BCUT2D eigenvalue weighted by atomic mass is 10.0. The van der Waals surface area contributed by atoms with Crippen LogP contribution in [0.2, 0.25) is 0 Å². The van der Waals surface area contributed by atoms with Crippen molar-refractivity contribution < 1.29 is 4.79 Å². The van der Waals surface area contributed by atoms with Crippen molar-refractivity contribution >= 4 is 11.6 Å². The molecule has 0 bridgehead atoms. The molecule has 0 spiro atoms. The molecule has 0 fully saturated rings. The van der Waals surface area contributed by atoms with Crippen molar-refractivity contribution in [1.29, 1.82) is 0 Å². The van der Waals surface area contributed by atoms with E-state index in [0.29, 0.717) is 18.9 Å². The molecule has 1 amide bonds. The maximum absolute atomic E-state index is 11.4. The van der Waals surface area contributed by atoms with Crippen molar-refractivity contribution in [2.24, 2.45) is 5.73 Å². The van der Waals surface area contributed by atoms with Gasteiger partial charge in [0.05, 0.1) is 17.8 Å². The fraction of sp³-hybridized carbons (Fsp3) is 0.333. The second-order valence-corrected chi connectivity index (χ2v) is 5.40. The zero-order valence-electron chi connectivity index (χ0n) is 11.7. The third-order valence-corrected chi connectivity index (χ3v) is 3.55. The molecule has 1 aromatic carbocycles. The van der Waals surface area contributed by atoms with Crippen molar-refractivity contribution in [2.75, 3.05) is 5.32 Å². The zero-order chi connectivity index (χ0) is 14.3. The molecule has 4 N–H and O–H groups in total. The number of nitrogens with one attached hydrogen (secondary N) is 2. The first-order chi connectivity index (χ1) is 9.58. The summed E-state index contributed by atoms with van der Waals surface area (Å²) < 4.78 is 0. The Labute approximate surface area is 117 Å². The number of nitrogens with zero attached hydrogens (tertiary/aromatic N) is 1. The van der Waals surface area contributed by atoms with Gasteiger partial charge in [-0.2, -0.15) is 0 Å². The summed E-state index contributed by atoms with van der Waals surface area (Å²) in [4.78, 5) is 19.4. The number of benzene rings is 1. The van der Waals surface area contributed by atoms with Gasteiger partial charge in [-0.15, -0.1) is 0 Å². The highest BCUT2D eigenvalue weighted by Gasteiger charge is 2.20. The first kappa shape index (κ1) is 12.9. The molecule has 0 radical (unpaired) electrons. The highest BCUT2D eigenvalue weighted by Crippen LogP contribution is 2.30. The number of aromatic nitrogens is 2. The normalized spacial score (nSPS) is 13.7. The smallest absolute Gasteiger partial charge is 0.228 e. The Morgan fingerprint density at radius 2 is 2.20 bits per heavy atom. The number of amides is 1. The van der Waals surface area contributed by atoms with Crippen LogP contribution < -0.4 is 11.1 Å². The van der Waals surface area contributed by atoms with Gasteiger partial charge in [0.15, 0.2) is 0 Å². The molecule has 1 aromatic heterocycles. The molecule has 0 saturated carbocycles. The summed E-state index contributed by atoms with van der Waals surface area (Å²) in [7, 11) is 0. The van der Waals surface area contributed by atoms with Gasteiger partial charge in [0.1, 0.15) is 5.82 Å². The van der Waals surface area contributed by atoms with Crippen LogP contribution in [0.5, 0.6) is 0 Å². The molecular formula is C15H18N4O. The monoisotopic (exact) mass is 270 g/mol. The van der Waals surface area contributed by atoms with Crippen LogP contribution in [0.3, 0.4) is 0 Å². The van der Waals surface area contributed by atoms with Gasteiger partial charge in [0.2, 0.25) is 5.91 Å². The molecule has 0 atom stereocenters. The summed E-state index contributed by atoms with van der Waals surface area (Å²) in [5.74, 6) is 1.31. The van der Waals surface area contributed by atoms with Gasteiger partial charge in [0, 0.05) is 23.7 Å². The maximum Gasteiger partial charge on any atom is 0.228 e. The quantitative estimate of drug-likeness (QED) is 0.799. The molecule has 5 nitrogen and oxygen atoms in total. The fourth-order valence-corrected chi connectivity index (χ4v) is 2.47. The van der Waals surface area contributed by atoms with E-state index in [4.69, 9.17) is 5.73 Å². The molecule has 3 rings (SSSR count). The van der Waals surface area contributed by atoms with Crippen LogP contribution in [-0.2, 0) is 17.8 Å². The molecule has 2 heterocycles. The molecule has 0 unspecified atom stereocenters. The Hall–Kier alpha value is -2.14. The Morgan fingerprint density at radius 3 is 2.90 bits per heavy atom. The minimum atomic E-state index is 0.0427. The number of rotatable bonds is 3. The van der Waals surface area contributed by atoms with Gasteiger partial charge in [-0.3, -0.25) is 4.79 Å². The summed E-state index contributed by atoms with van der Waals surface area (Å²) in [6.45, 7) is 4.60. The third kappa shape index (κ3) is 2.10. The van der Waals surface area contributed by atoms with Crippen LogP contribution in [0, 0.1) is 0 Å². The predicted octanol–water partition coefficient (Wildman–Crippen LogP) is 2.15. The van der Waals surface area contributed by atoms with E-state index in [9.17, 15) is 4.79 Å². The second kappa shape index (κ2) is 4.76. The van der Waals surface area contributed by atoms with Crippen molar-refractivity contribution in [2.45, 2.75) is 32.7 Å². The number of aromatic amines is 1. The van der Waals surface area contributed by atoms with E-state index < -0.39 is 0 Å². The molecule has 1 aliphatic heterocycles. The minimum absolute atomic E-state index is 0.0427. The zero-order valence-corrected chi connectivity index (χ0v) is 11.7. The third-order valence-electron chi connectivity index (χ3n) is 3.55. The number of imidazole rings is 1. The molecular weight excluding hydrogens is 252 g/mol. The van der Waals surface area contributed by atoms with Gasteiger partial charge in [0.25, 0.3) is 0 Å². The number of hydrogen-bond donors (Lipinski definition) is 3. The van der Waals surface area contributed by atoms with Crippen molar-refractivity contribution in [1.82, 2.24) is 9.97 Å². The van der Waals surface area contributed by atoms with E-state index in [1.54, 1.807) is 0 Å². The molecule has 2 aromatic rings. The van der Waals surface area contributed by atoms with E-state index >= 15 is 0 Å². The number of anilines is 1. The van der Waals surface area contributed by atoms with Crippen LogP contribution >= 0.6 is 0 Å². The second-order valence-electron chi connectivity index (χ2n) is 5.40. The Bertz CT molecular complexity index is 673. The average molecular weight is 270 g/mol. The molecule has 0 saturated heterocycles. The number of H-pyrrole nitrogens is 1. The van der Waals surface area contributed by atoms with Crippen molar-refractivity contribution in [3.05, 3.63) is 35.3 Å². The lowest BCUT2D eigenvalue weighted by Crippen LogP contribution is -2.03. The number of carbonyl (C=O) groups is 1. The van der Waals surface area contributed by atoms with Crippen LogP contribution in [0.1, 0.15) is 36.8 Å². The average Bonchev–Trinajstić information content (AvgIpc) is 2.99.